The number of nitrogens with zero attached hydrogens (tertiary/aromatic N) is 3. The van der Waals surface area contributed by atoms with Crippen molar-refractivity contribution in [2.75, 3.05) is 7.11 Å². The molecule has 25 heavy (non-hydrogen) atoms. The molecular formula is C18H18N4O3. The predicted octanol–water partition coefficient (Wildman–Crippen LogP) is 1.58. The van der Waals surface area contributed by atoms with Gasteiger partial charge in [-0.1, -0.05) is 12.1 Å². The molecule has 0 aliphatic carbocycles. The average molecular weight is 338 g/mol. The van der Waals surface area contributed by atoms with Gasteiger partial charge >= 0.3 is 0 Å². The number of hydrogen-bond donors (Lipinski definition) is 1. The van der Waals surface area contributed by atoms with Gasteiger partial charge in [0.05, 0.1) is 12.7 Å². The van der Waals surface area contributed by atoms with E-state index in [2.05, 4.69) is 10.3 Å². The molecule has 3 aromatic rings. The summed E-state index contributed by atoms with van der Waals surface area (Å²) in [7, 11) is 3.47. The molecule has 0 bridgehead atoms. The molecule has 128 valence electrons. The van der Waals surface area contributed by atoms with Gasteiger partial charge in [-0.15, -0.1) is 0 Å². The minimum atomic E-state index is -0.432. The molecule has 0 radical (unpaired) electrons. The van der Waals surface area contributed by atoms with Crippen molar-refractivity contribution >= 4 is 5.91 Å². The molecule has 7 nitrogen and oxygen atoms in total. The molecule has 0 saturated heterocycles. The first-order valence-corrected chi connectivity index (χ1v) is 7.69. The van der Waals surface area contributed by atoms with Crippen molar-refractivity contribution in [3.05, 3.63) is 83.3 Å². The number of amides is 1. The van der Waals surface area contributed by atoms with Gasteiger partial charge in [0.15, 0.2) is 12.4 Å². The highest BCUT2D eigenvalue weighted by Crippen LogP contribution is 2.23. The number of imidazole rings is 1. The molecule has 0 aliphatic heterocycles. The van der Waals surface area contributed by atoms with E-state index < -0.39 is 6.04 Å². The smallest absolute Gasteiger partial charge is 0.252 e. The van der Waals surface area contributed by atoms with Crippen LogP contribution in [-0.4, -0.2) is 22.6 Å². The van der Waals surface area contributed by atoms with Gasteiger partial charge in [0.25, 0.3) is 5.91 Å². The van der Waals surface area contributed by atoms with E-state index in [1.807, 2.05) is 42.1 Å². The standard InChI is InChI=1S/C18H18N4O3/c1-21-12-9-19-17(21)16(13-3-5-15(25-2)6-4-13)20-18(23)14-7-10-22(24)11-8-14/h3-12,16H,1-2H3,(H,20,23). The largest absolute Gasteiger partial charge is 0.619 e. The Morgan fingerprint density at radius 3 is 2.48 bits per heavy atom. The van der Waals surface area contributed by atoms with E-state index in [0.29, 0.717) is 16.1 Å². The summed E-state index contributed by atoms with van der Waals surface area (Å²) in [5.41, 5.74) is 1.28. The minimum Gasteiger partial charge on any atom is -0.619 e. The first-order valence-electron chi connectivity index (χ1n) is 7.69. The molecule has 7 heteroatoms. The Hall–Kier alpha value is -3.35. The fourth-order valence-corrected chi connectivity index (χ4v) is 2.53. The Kier molecular flexibility index (Phi) is 4.65. The molecule has 0 spiro atoms. The second-order valence-electron chi connectivity index (χ2n) is 5.52. The number of aryl methyl sites for hydroxylation is 1. The molecule has 1 unspecified atom stereocenters. The van der Waals surface area contributed by atoms with Crippen LogP contribution in [0.2, 0.25) is 0 Å². The maximum atomic E-state index is 12.6. The van der Waals surface area contributed by atoms with E-state index in [-0.39, 0.29) is 5.91 Å². The first-order chi connectivity index (χ1) is 12.1. The van der Waals surface area contributed by atoms with Gasteiger partial charge in [0, 0.05) is 31.6 Å². The number of methoxy groups -OCH3 is 1. The Morgan fingerprint density at radius 1 is 1.24 bits per heavy atom. The molecule has 0 fully saturated rings. The van der Waals surface area contributed by atoms with E-state index in [4.69, 9.17) is 4.74 Å². The van der Waals surface area contributed by atoms with Gasteiger partial charge in [0.1, 0.15) is 17.6 Å². The number of carbonyl (C=O) groups excluding carboxylic acids is 1. The second kappa shape index (κ2) is 7.04. The first kappa shape index (κ1) is 16.5. The van der Waals surface area contributed by atoms with E-state index in [0.717, 1.165) is 11.3 Å². The molecule has 0 aliphatic rings. The van der Waals surface area contributed by atoms with Gasteiger partial charge < -0.3 is 19.8 Å². The number of hydrogen-bond acceptors (Lipinski definition) is 4. The lowest BCUT2D eigenvalue weighted by atomic mass is 10.1. The van der Waals surface area contributed by atoms with E-state index in [1.54, 1.807) is 13.3 Å². The SMILES string of the molecule is COc1ccc(C(NC(=O)c2cc[n+]([O-])cc2)c2nccn2C)cc1. The van der Waals surface area contributed by atoms with E-state index in [9.17, 15) is 10.0 Å². The summed E-state index contributed by atoms with van der Waals surface area (Å²) >= 11 is 0. The molecule has 3 rings (SSSR count). The number of ether oxygens (including phenoxy) is 1. The van der Waals surface area contributed by atoms with Gasteiger partial charge in [0.2, 0.25) is 0 Å². The fourth-order valence-electron chi connectivity index (χ4n) is 2.53. The van der Waals surface area contributed by atoms with Crippen LogP contribution < -0.4 is 14.8 Å². The fraction of sp³-hybridized carbons (Fsp3) is 0.167. The molecule has 0 saturated carbocycles. The summed E-state index contributed by atoms with van der Waals surface area (Å²) in [4.78, 5) is 16.9. The van der Waals surface area contributed by atoms with Crippen LogP contribution in [0, 0.1) is 5.21 Å². The summed E-state index contributed by atoms with van der Waals surface area (Å²) in [5, 5.41) is 14.1. The monoisotopic (exact) mass is 338 g/mol. The van der Waals surface area contributed by atoms with Crippen LogP contribution in [0.4, 0.5) is 0 Å². The van der Waals surface area contributed by atoms with Crippen LogP contribution in [0.1, 0.15) is 27.8 Å². The summed E-state index contributed by atoms with van der Waals surface area (Å²) in [5.74, 6) is 1.15. The zero-order valence-corrected chi connectivity index (χ0v) is 13.9. The minimum absolute atomic E-state index is 0.288. The summed E-state index contributed by atoms with van der Waals surface area (Å²) in [6.07, 6.45) is 6.08. The number of rotatable bonds is 5. The molecule has 1 aromatic carbocycles. The van der Waals surface area contributed by atoms with Gasteiger partial charge in [-0.3, -0.25) is 4.79 Å². The highest BCUT2D eigenvalue weighted by molar-refractivity contribution is 5.94. The number of nitrogens with one attached hydrogen (secondary N) is 1. The normalized spacial score (nSPS) is 11.8. The third-order valence-corrected chi connectivity index (χ3v) is 3.91. The molecule has 2 aromatic heterocycles. The van der Waals surface area contributed by atoms with Crippen LogP contribution in [0.3, 0.4) is 0 Å². The number of carbonyl (C=O) groups is 1. The van der Waals surface area contributed by atoms with Crippen LogP contribution >= 0.6 is 0 Å². The quantitative estimate of drug-likeness (QED) is 0.565. The summed E-state index contributed by atoms with van der Waals surface area (Å²) < 4.78 is 7.67. The Morgan fingerprint density at radius 2 is 1.92 bits per heavy atom. The lowest BCUT2D eigenvalue weighted by molar-refractivity contribution is -0.605. The zero-order valence-electron chi connectivity index (χ0n) is 13.9. The van der Waals surface area contributed by atoms with Crippen molar-refractivity contribution in [2.24, 2.45) is 7.05 Å². The van der Waals surface area contributed by atoms with Crippen LogP contribution in [-0.2, 0) is 7.05 Å². The predicted molar refractivity (Wildman–Crippen MR) is 90.9 cm³/mol. The zero-order chi connectivity index (χ0) is 17.8. The lowest BCUT2D eigenvalue weighted by Crippen LogP contribution is -2.32. The second-order valence-corrected chi connectivity index (χ2v) is 5.52. The molecule has 1 amide bonds. The van der Waals surface area contributed by atoms with Crippen molar-refractivity contribution in [2.45, 2.75) is 6.04 Å². The Bertz CT molecular complexity index is 857. The molecular weight excluding hydrogens is 320 g/mol. The molecule has 1 atom stereocenters. The highest BCUT2D eigenvalue weighted by atomic mass is 16.5. The maximum absolute atomic E-state index is 12.6. The van der Waals surface area contributed by atoms with Crippen molar-refractivity contribution in [3.8, 4) is 5.75 Å². The summed E-state index contributed by atoms with van der Waals surface area (Å²) in [6, 6.07) is 9.96. The number of pyridine rings is 1. The van der Waals surface area contributed by atoms with Crippen LogP contribution in [0.25, 0.3) is 0 Å². The van der Waals surface area contributed by atoms with Crippen LogP contribution in [0.15, 0.2) is 61.2 Å². The van der Waals surface area contributed by atoms with Crippen molar-refractivity contribution in [1.29, 1.82) is 0 Å². The lowest BCUT2D eigenvalue weighted by Gasteiger charge is -2.19. The van der Waals surface area contributed by atoms with Crippen molar-refractivity contribution in [3.63, 3.8) is 0 Å². The van der Waals surface area contributed by atoms with E-state index >= 15 is 0 Å². The Balaban J connectivity index is 1.92. The maximum Gasteiger partial charge on any atom is 0.252 e. The number of benzene rings is 1. The summed E-state index contributed by atoms with van der Waals surface area (Å²) in [6.45, 7) is 0. The average Bonchev–Trinajstić information content (AvgIpc) is 3.06. The third-order valence-electron chi connectivity index (χ3n) is 3.91. The van der Waals surface area contributed by atoms with E-state index in [1.165, 1.54) is 24.5 Å². The van der Waals surface area contributed by atoms with Crippen LogP contribution in [0.5, 0.6) is 5.75 Å². The van der Waals surface area contributed by atoms with Gasteiger partial charge in [-0.25, -0.2) is 4.98 Å². The van der Waals surface area contributed by atoms with Crippen molar-refractivity contribution < 1.29 is 14.3 Å². The Labute approximate surface area is 145 Å². The van der Waals surface area contributed by atoms with Gasteiger partial charge in [-0.2, -0.15) is 4.73 Å². The van der Waals surface area contributed by atoms with Gasteiger partial charge in [-0.05, 0) is 17.7 Å². The van der Waals surface area contributed by atoms with Crippen molar-refractivity contribution in [1.82, 2.24) is 14.9 Å². The third kappa shape index (κ3) is 3.60. The number of aromatic nitrogens is 3. The molecule has 2 heterocycles. The molecule has 1 N–H and O–H groups in total. The highest BCUT2D eigenvalue weighted by Gasteiger charge is 2.21. The topological polar surface area (TPSA) is 83.1 Å².